The van der Waals surface area contributed by atoms with Gasteiger partial charge in [-0.25, -0.2) is 0 Å². The van der Waals surface area contributed by atoms with Crippen LogP contribution in [0.25, 0.3) is 22.5 Å². The van der Waals surface area contributed by atoms with Crippen LogP contribution in [0.15, 0.2) is 48.7 Å². The zero-order valence-electron chi connectivity index (χ0n) is 19.1. The number of hydrogen-bond donors (Lipinski definition) is 2. The second-order valence-corrected chi connectivity index (χ2v) is 8.72. The highest BCUT2D eigenvalue weighted by molar-refractivity contribution is 5.97. The number of aromatic nitrogens is 2. The minimum atomic E-state index is -0.118. The zero-order chi connectivity index (χ0) is 22.8. The van der Waals surface area contributed by atoms with Crippen molar-refractivity contribution in [1.82, 2.24) is 15.3 Å². The molecule has 7 heteroatoms. The highest BCUT2D eigenvalue weighted by Crippen LogP contribution is 2.30. The SMILES string of the molecule is COC(OC)C1CCN(c2ccc(-c3cc(-c4cc5c([nH]4)CCNC5=O)ccn3)cc2)CC1. The van der Waals surface area contributed by atoms with E-state index in [1.807, 2.05) is 18.3 Å². The van der Waals surface area contributed by atoms with Gasteiger partial charge < -0.3 is 24.7 Å². The summed E-state index contributed by atoms with van der Waals surface area (Å²) in [5.41, 5.74) is 6.93. The van der Waals surface area contributed by atoms with Crippen molar-refractivity contribution in [2.45, 2.75) is 25.6 Å². The Morgan fingerprint density at radius 1 is 1.03 bits per heavy atom. The van der Waals surface area contributed by atoms with Crippen LogP contribution < -0.4 is 10.2 Å². The number of benzene rings is 1. The first-order chi connectivity index (χ1) is 16.2. The van der Waals surface area contributed by atoms with Crippen LogP contribution in [0.3, 0.4) is 0 Å². The topological polar surface area (TPSA) is 79.5 Å². The molecule has 4 heterocycles. The van der Waals surface area contributed by atoms with Crippen molar-refractivity contribution in [2.75, 3.05) is 38.8 Å². The summed E-state index contributed by atoms with van der Waals surface area (Å²) in [6.07, 6.45) is 4.64. The van der Waals surface area contributed by atoms with Crippen LogP contribution in [-0.4, -0.2) is 56.0 Å². The molecule has 172 valence electrons. The van der Waals surface area contributed by atoms with E-state index in [2.05, 4.69) is 50.5 Å². The molecule has 2 aromatic heterocycles. The minimum Gasteiger partial charge on any atom is -0.372 e. The smallest absolute Gasteiger partial charge is 0.253 e. The summed E-state index contributed by atoms with van der Waals surface area (Å²) in [5, 5.41) is 2.90. The molecule has 1 fully saturated rings. The molecule has 0 saturated carbocycles. The van der Waals surface area contributed by atoms with Gasteiger partial charge in [-0.3, -0.25) is 9.78 Å². The summed E-state index contributed by atoms with van der Waals surface area (Å²) in [5.74, 6) is 0.430. The number of nitrogens with zero attached hydrogens (tertiary/aromatic N) is 2. The van der Waals surface area contributed by atoms with Gasteiger partial charge in [-0.15, -0.1) is 0 Å². The Morgan fingerprint density at radius 2 is 1.79 bits per heavy atom. The average Bonchev–Trinajstić information content (AvgIpc) is 3.32. The Kier molecular flexibility index (Phi) is 6.15. The van der Waals surface area contributed by atoms with Crippen LogP contribution in [0.4, 0.5) is 5.69 Å². The molecule has 1 saturated heterocycles. The fourth-order valence-corrected chi connectivity index (χ4v) is 4.96. The third-order valence-corrected chi connectivity index (χ3v) is 6.79. The number of ether oxygens (including phenoxy) is 2. The van der Waals surface area contributed by atoms with Gasteiger partial charge in [-0.2, -0.15) is 0 Å². The molecule has 0 spiro atoms. The van der Waals surface area contributed by atoms with Gasteiger partial charge >= 0.3 is 0 Å². The van der Waals surface area contributed by atoms with Crippen LogP contribution in [0.5, 0.6) is 0 Å². The predicted molar refractivity (Wildman–Crippen MR) is 128 cm³/mol. The van der Waals surface area contributed by atoms with E-state index in [1.54, 1.807) is 14.2 Å². The van der Waals surface area contributed by atoms with Gasteiger partial charge in [-0.1, -0.05) is 12.1 Å². The monoisotopic (exact) mass is 446 g/mol. The molecule has 5 rings (SSSR count). The number of aromatic amines is 1. The molecule has 7 nitrogen and oxygen atoms in total. The largest absolute Gasteiger partial charge is 0.372 e. The molecule has 0 radical (unpaired) electrons. The number of methoxy groups -OCH3 is 2. The first-order valence-electron chi connectivity index (χ1n) is 11.5. The highest BCUT2D eigenvalue weighted by atomic mass is 16.7. The zero-order valence-corrected chi connectivity index (χ0v) is 19.1. The fourth-order valence-electron chi connectivity index (χ4n) is 4.96. The van der Waals surface area contributed by atoms with Crippen molar-refractivity contribution in [3.05, 3.63) is 59.9 Å². The Balaban J connectivity index is 1.30. The number of piperidine rings is 1. The van der Waals surface area contributed by atoms with E-state index in [-0.39, 0.29) is 12.2 Å². The van der Waals surface area contributed by atoms with Gasteiger partial charge in [0.2, 0.25) is 0 Å². The molecule has 2 aliphatic heterocycles. The van der Waals surface area contributed by atoms with Crippen molar-refractivity contribution >= 4 is 11.6 Å². The average molecular weight is 447 g/mol. The van der Waals surface area contributed by atoms with E-state index < -0.39 is 0 Å². The normalized spacial score (nSPS) is 16.7. The molecule has 0 aliphatic carbocycles. The van der Waals surface area contributed by atoms with Gasteiger partial charge in [0.25, 0.3) is 5.91 Å². The second kappa shape index (κ2) is 9.37. The van der Waals surface area contributed by atoms with Crippen molar-refractivity contribution in [3.63, 3.8) is 0 Å². The molecule has 33 heavy (non-hydrogen) atoms. The number of nitrogens with one attached hydrogen (secondary N) is 2. The quantitative estimate of drug-likeness (QED) is 0.562. The second-order valence-electron chi connectivity index (χ2n) is 8.72. The van der Waals surface area contributed by atoms with Crippen molar-refractivity contribution in [2.24, 2.45) is 5.92 Å². The molecule has 1 aromatic carbocycles. The molecular formula is C26H30N4O3. The van der Waals surface area contributed by atoms with E-state index in [1.165, 1.54) is 5.69 Å². The van der Waals surface area contributed by atoms with E-state index in [0.717, 1.165) is 66.1 Å². The minimum absolute atomic E-state index is 0.00684. The number of carbonyl (C=O) groups is 1. The Labute approximate surface area is 194 Å². The summed E-state index contributed by atoms with van der Waals surface area (Å²) in [6.45, 7) is 2.66. The van der Waals surface area contributed by atoms with E-state index in [0.29, 0.717) is 12.5 Å². The number of fused-ring (bicyclic) bond motifs is 1. The van der Waals surface area contributed by atoms with Crippen LogP contribution in [-0.2, 0) is 15.9 Å². The molecule has 0 unspecified atom stereocenters. The molecule has 0 atom stereocenters. The third kappa shape index (κ3) is 4.38. The van der Waals surface area contributed by atoms with E-state index >= 15 is 0 Å². The Bertz CT molecular complexity index is 1110. The molecule has 1 amide bonds. The number of carbonyl (C=O) groups excluding carboxylic acids is 1. The number of amides is 1. The maximum Gasteiger partial charge on any atom is 0.253 e. The Morgan fingerprint density at radius 3 is 2.48 bits per heavy atom. The van der Waals surface area contributed by atoms with E-state index in [9.17, 15) is 4.79 Å². The maximum absolute atomic E-state index is 12.1. The van der Waals surface area contributed by atoms with Crippen LogP contribution in [0.2, 0.25) is 0 Å². The summed E-state index contributed by atoms with van der Waals surface area (Å²) < 4.78 is 10.9. The first-order valence-corrected chi connectivity index (χ1v) is 11.5. The number of H-pyrrole nitrogens is 1. The number of rotatable bonds is 6. The predicted octanol–water partition coefficient (Wildman–Crippen LogP) is 3.86. The van der Waals surface area contributed by atoms with Crippen molar-refractivity contribution in [1.29, 1.82) is 0 Å². The lowest BCUT2D eigenvalue weighted by molar-refractivity contribution is -0.141. The van der Waals surface area contributed by atoms with Gasteiger partial charge in [0.1, 0.15) is 0 Å². The van der Waals surface area contributed by atoms with Crippen LogP contribution >= 0.6 is 0 Å². The molecule has 0 bridgehead atoms. The van der Waals surface area contributed by atoms with Gasteiger partial charge in [0.15, 0.2) is 6.29 Å². The number of hydrogen-bond acceptors (Lipinski definition) is 5. The molecule has 3 aromatic rings. The summed E-state index contributed by atoms with van der Waals surface area (Å²) in [7, 11) is 3.42. The van der Waals surface area contributed by atoms with Gasteiger partial charge in [0.05, 0.1) is 11.3 Å². The van der Waals surface area contributed by atoms with Gasteiger partial charge in [-0.05, 0) is 43.2 Å². The van der Waals surface area contributed by atoms with Gasteiger partial charge in [0, 0.05) is 80.6 Å². The molecular weight excluding hydrogens is 416 g/mol. The van der Waals surface area contributed by atoms with Crippen LogP contribution in [0, 0.1) is 5.92 Å². The third-order valence-electron chi connectivity index (χ3n) is 6.79. The maximum atomic E-state index is 12.1. The fraction of sp³-hybridized carbons (Fsp3) is 0.385. The highest BCUT2D eigenvalue weighted by Gasteiger charge is 2.26. The lowest BCUT2D eigenvalue weighted by Gasteiger charge is -2.36. The summed E-state index contributed by atoms with van der Waals surface area (Å²) in [4.78, 5) is 22.5. The summed E-state index contributed by atoms with van der Waals surface area (Å²) >= 11 is 0. The molecule has 2 aliphatic rings. The van der Waals surface area contributed by atoms with E-state index in [4.69, 9.17) is 9.47 Å². The lowest BCUT2D eigenvalue weighted by Crippen LogP contribution is -2.39. The number of pyridine rings is 1. The molecule has 2 N–H and O–H groups in total. The standard InChI is InChI=1S/C26H30N4O3/c1-32-26(33-2)18-9-13-30(14-10-18)20-5-3-17(4-6-20)23-15-19(7-11-27-23)24-16-21-22(29-24)8-12-28-25(21)31/h3-7,11,15-16,18,26,29H,8-10,12-14H2,1-2H3,(H,28,31). The van der Waals surface area contributed by atoms with Crippen LogP contribution in [0.1, 0.15) is 28.9 Å². The Hall–Kier alpha value is -3.16. The first kappa shape index (κ1) is 21.7. The van der Waals surface area contributed by atoms with Crippen molar-refractivity contribution < 1.29 is 14.3 Å². The summed E-state index contributed by atoms with van der Waals surface area (Å²) in [6, 6.07) is 14.6. The lowest BCUT2D eigenvalue weighted by atomic mass is 9.95. The van der Waals surface area contributed by atoms with Crippen molar-refractivity contribution in [3.8, 4) is 22.5 Å². The number of anilines is 1.